The number of aromatic amines is 1. The zero-order valence-corrected chi connectivity index (χ0v) is 9.26. The molecule has 2 heterocycles. The number of fused-ring (bicyclic) bond motifs is 1. The third kappa shape index (κ3) is 1.69. The van der Waals surface area contributed by atoms with Gasteiger partial charge in [-0.2, -0.15) is 0 Å². The van der Waals surface area contributed by atoms with Crippen molar-refractivity contribution < 1.29 is 4.57 Å². The van der Waals surface area contributed by atoms with Gasteiger partial charge in [-0.3, -0.25) is 0 Å². The van der Waals surface area contributed by atoms with Gasteiger partial charge in [-0.1, -0.05) is 19.3 Å². The molecule has 1 aliphatic carbocycles. The molecule has 82 valence electrons. The normalized spacial score (nSPS) is 22.7. The Balaban J connectivity index is 1.87. The molecule has 15 heavy (non-hydrogen) atoms. The standard InChI is InChI=1S/C12H19N3/c1-2-4-10(5-3-1)12-14-9-11-8-13-6-7-15(11)12/h9-10,13H,1-8H2/p+1. The van der Waals surface area contributed by atoms with Crippen LogP contribution in [0.4, 0.5) is 0 Å². The van der Waals surface area contributed by atoms with Crippen LogP contribution in [0.5, 0.6) is 0 Å². The highest BCUT2D eigenvalue weighted by atomic mass is 15.1. The average molecular weight is 206 g/mol. The largest absolute Gasteiger partial charge is 0.305 e. The number of nitrogens with one attached hydrogen (secondary N) is 2. The smallest absolute Gasteiger partial charge is 0.257 e. The highest BCUT2D eigenvalue weighted by Gasteiger charge is 2.28. The summed E-state index contributed by atoms with van der Waals surface area (Å²) in [5.74, 6) is 2.29. The van der Waals surface area contributed by atoms with Crippen molar-refractivity contribution >= 4 is 0 Å². The fraction of sp³-hybridized carbons (Fsp3) is 0.750. The summed E-state index contributed by atoms with van der Waals surface area (Å²) in [7, 11) is 0. The van der Waals surface area contributed by atoms with Crippen LogP contribution in [0.1, 0.15) is 49.5 Å². The minimum atomic E-state index is 0.797. The predicted molar refractivity (Wildman–Crippen MR) is 58.5 cm³/mol. The van der Waals surface area contributed by atoms with Crippen LogP contribution in [-0.4, -0.2) is 11.5 Å². The molecule has 0 spiro atoms. The van der Waals surface area contributed by atoms with Crippen LogP contribution in [0.25, 0.3) is 0 Å². The number of aromatic nitrogens is 2. The summed E-state index contributed by atoms with van der Waals surface area (Å²) in [6.45, 7) is 3.29. The van der Waals surface area contributed by atoms with Gasteiger partial charge < -0.3 is 5.32 Å². The molecule has 1 aromatic heterocycles. The number of imidazole rings is 1. The first kappa shape index (κ1) is 9.40. The molecule has 0 amide bonds. The first-order chi connectivity index (χ1) is 7.45. The number of hydrogen-bond donors (Lipinski definition) is 2. The molecule has 0 atom stereocenters. The van der Waals surface area contributed by atoms with Crippen LogP contribution in [0.15, 0.2) is 6.20 Å². The lowest BCUT2D eigenvalue weighted by Gasteiger charge is -2.20. The predicted octanol–water partition coefficient (Wildman–Crippen LogP) is 1.45. The number of H-pyrrole nitrogens is 1. The van der Waals surface area contributed by atoms with E-state index in [-0.39, 0.29) is 0 Å². The maximum Gasteiger partial charge on any atom is 0.257 e. The first-order valence-corrected chi connectivity index (χ1v) is 6.26. The van der Waals surface area contributed by atoms with Gasteiger partial charge in [0, 0.05) is 6.54 Å². The maximum absolute atomic E-state index is 3.51. The van der Waals surface area contributed by atoms with Crippen molar-refractivity contribution in [2.24, 2.45) is 0 Å². The van der Waals surface area contributed by atoms with E-state index in [4.69, 9.17) is 0 Å². The summed E-state index contributed by atoms with van der Waals surface area (Å²) >= 11 is 0. The summed E-state index contributed by atoms with van der Waals surface area (Å²) in [4.78, 5) is 3.51. The van der Waals surface area contributed by atoms with Gasteiger partial charge >= 0.3 is 0 Å². The second-order valence-electron chi connectivity index (χ2n) is 4.83. The molecule has 1 aliphatic heterocycles. The lowest BCUT2D eigenvalue weighted by Crippen LogP contribution is -2.50. The van der Waals surface area contributed by atoms with E-state index in [9.17, 15) is 0 Å². The van der Waals surface area contributed by atoms with E-state index in [0.29, 0.717) is 0 Å². The third-order valence-electron chi connectivity index (χ3n) is 3.83. The second kappa shape index (κ2) is 3.97. The third-order valence-corrected chi connectivity index (χ3v) is 3.83. The Labute approximate surface area is 90.9 Å². The molecule has 0 aromatic carbocycles. The molecular weight excluding hydrogens is 186 g/mol. The van der Waals surface area contributed by atoms with Crippen LogP contribution in [-0.2, 0) is 13.1 Å². The van der Waals surface area contributed by atoms with E-state index in [0.717, 1.165) is 25.6 Å². The van der Waals surface area contributed by atoms with Crippen LogP contribution in [0, 0.1) is 0 Å². The van der Waals surface area contributed by atoms with Gasteiger partial charge in [0.25, 0.3) is 5.82 Å². The van der Waals surface area contributed by atoms with Crippen molar-refractivity contribution in [2.75, 3.05) is 6.54 Å². The average Bonchev–Trinajstić information content (AvgIpc) is 2.74. The molecule has 1 saturated carbocycles. The fourth-order valence-electron chi connectivity index (χ4n) is 3.00. The van der Waals surface area contributed by atoms with Crippen LogP contribution < -0.4 is 9.88 Å². The van der Waals surface area contributed by atoms with Crippen molar-refractivity contribution in [1.29, 1.82) is 0 Å². The molecule has 2 N–H and O–H groups in total. The van der Waals surface area contributed by atoms with E-state index in [2.05, 4.69) is 21.1 Å². The quantitative estimate of drug-likeness (QED) is 0.670. The zero-order chi connectivity index (χ0) is 10.1. The molecule has 0 saturated heterocycles. The van der Waals surface area contributed by atoms with Crippen molar-refractivity contribution in [2.45, 2.75) is 51.1 Å². The van der Waals surface area contributed by atoms with E-state index in [1.54, 1.807) is 0 Å². The molecule has 3 rings (SSSR count). The topological polar surface area (TPSA) is 31.7 Å². The Morgan fingerprint density at radius 2 is 2.07 bits per heavy atom. The Morgan fingerprint density at radius 1 is 1.20 bits per heavy atom. The maximum atomic E-state index is 3.51. The lowest BCUT2D eigenvalue weighted by atomic mass is 9.88. The highest BCUT2D eigenvalue weighted by Crippen LogP contribution is 2.30. The molecular formula is C12H20N3+. The van der Waals surface area contributed by atoms with Crippen LogP contribution >= 0.6 is 0 Å². The minimum absolute atomic E-state index is 0.797. The Hall–Kier alpha value is -0.830. The van der Waals surface area contributed by atoms with Gasteiger partial charge in [0.15, 0.2) is 5.69 Å². The van der Waals surface area contributed by atoms with E-state index < -0.39 is 0 Å². The molecule has 0 unspecified atom stereocenters. The zero-order valence-electron chi connectivity index (χ0n) is 9.26. The summed E-state index contributed by atoms with van der Waals surface area (Å²) in [5.41, 5.74) is 1.43. The highest BCUT2D eigenvalue weighted by molar-refractivity contribution is 4.98. The molecule has 1 aromatic rings. The SMILES string of the molecule is c1[nH]c(C2CCCCC2)[n+]2c1CNCC2. The fourth-order valence-corrected chi connectivity index (χ4v) is 3.00. The Morgan fingerprint density at radius 3 is 2.93 bits per heavy atom. The van der Waals surface area contributed by atoms with Gasteiger partial charge in [0.05, 0.1) is 12.5 Å². The van der Waals surface area contributed by atoms with Gasteiger partial charge in [-0.15, -0.1) is 0 Å². The summed E-state index contributed by atoms with van der Waals surface area (Å²) in [5, 5.41) is 3.42. The van der Waals surface area contributed by atoms with Gasteiger partial charge in [-0.25, -0.2) is 9.55 Å². The Bertz CT molecular complexity index is 337. The first-order valence-electron chi connectivity index (χ1n) is 6.26. The summed E-state index contributed by atoms with van der Waals surface area (Å²) < 4.78 is 2.51. The van der Waals surface area contributed by atoms with Gasteiger partial charge in [0.1, 0.15) is 12.7 Å². The minimum Gasteiger partial charge on any atom is -0.305 e. The van der Waals surface area contributed by atoms with Crippen molar-refractivity contribution in [3.63, 3.8) is 0 Å². The number of nitrogens with zero attached hydrogens (tertiary/aromatic N) is 1. The van der Waals surface area contributed by atoms with Crippen LogP contribution in [0.2, 0.25) is 0 Å². The van der Waals surface area contributed by atoms with E-state index >= 15 is 0 Å². The van der Waals surface area contributed by atoms with Crippen molar-refractivity contribution in [3.05, 3.63) is 17.7 Å². The number of rotatable bonds is 1. The van der Waals surface area contributed by atoms with E-state index in [1.807, 2.05) is 0 Å². The monoisotopic (exact) mass is 206 g/mol. The second-order valence-corrected chi connectivity index (χ2v) is 4.83. The molecule has 0 radical (unpaired) electrons. The molecule has 3 heteroatoms. The van der Waals surface area contributed by atoms with Gasteiger partial charge in [-0.05, 0) is 12.8 Å². The molecule has 3 nitrogen and oxygen atoms in total. The van der Waals surface area contributed by atoms with Crippen molar-refractivity contribution in [3.8, 4) is 0 Å². The lowest BCUT2D eigenvalue weighted by molar-refractivity contribution is -0.714. The molecule has 1 fully saturated rings. The summed E-state index contributed by atoms with van der Waals surface area (Å²) in [6.07, 6.45) is 9.22. The number of hydrogen-bond acceptors (Lipinski definition) is 1. The van der Waals surface area contributed by atoms with Crippen molar-refractivity contribution in [1.82, 2.24) is 10.3 Å². The Kier molecular flexibility index (Phi) is 2.49. The molecule has 0 bridgehead atoms. The van der Waals surface area contributed by atoms with E-state index in [1.165, 1.54) is 43.6 Å². The summed E-state index contributed by atoms with van der Waals surface area (Å²) in [6, 6.07) is 0. The van der Waals surface area contributed by atoms with Crippen LogP contribution in [0.3, 0.4) is 0 Å². The van der Waals surface area contributed by atoms with Gasteiger partial charge in [0.2, 0.25) is 0 Å². The molecule has 2 aliphatic rings.